The van der Waals surface area contributed by atoms with E-state index in [1.165, 1.54) is 0 Å². The van der Waals surface area contributed by atoms with Crippen molar-refractivity contribution in [2.75, 3.05) is 0 Å². The second-order valence-electron chi connectivity index (χ2n) is 4.56. The van der Waals surface area contributed by atoms with Gasteiger partial charge in [-0.15, -0.1) is 0 Å². The van der Waals surface area contributed by atoms with E-state index in [1.54, 1.807) is 18.5 Å². The molecule has 88 valence electrons. The Morgan fingerprint density at radius 1 is 1.35 bits per heavy atom. The lowest BCUT2D eigenvalue weighted by Crippen LogP contribution is -2.02. The van der Waals surface area contributed by atoms with E-state index in [9.17, 15) is 5.11 Å². The molecular formula is C13H15N3O. The maximum absolute atomic E-state index is 10.00. The van der Waals surface area contributed by atoms with Gasteiger partial charge in [-0.1, -0.05) is 0 Å². The molecule has 2 aromatic rings. The van der Waals surface area contributed by atoms with Crippen LogP contribution in [0.15, 0.2) is 36.9 Å². The first-order chi connectivity index (χ1) is 8.33. The van der Waals surface area contributed by atoms with Crippen molar-refractivity contribution in [2.24, 2.45) is 5.92 Å². The standard InChI is InChI=1S/C13H15N3O/c17-13(10-2-3-10)11-4-7-16(8-11)9-12-14-5-1-6-15-12/h1,4-8,10,13,17H,2-3,9H2. The molecule has 0 radical (unpaired) electrons. The van der Waals surface area contributed by atoms with Crippen LogP contribution < -0.4 is 0 Å². The van der Waals surface area contributed by atoms with Gasteiger partial charge in [-0.2, -0.15) is 0 Å². The zero-order valence-corrected chi connectivity index (χ0v) is 9.53. The summed E-state index contributed by atoms with van der Waals surface area (Å²) < 4.78 is 2.01. The minimum atomic E-state index is -0.298. The molecular weight excluding hydrogens is 214 g/mol. The van der Waals surface area contributed by atoms with E-state index in [0.717, 1.165) is 24.2 Å². The lowest BCUT2D eigenvalue weighted by molar-refractivity contribution is 0.154. The van der Waals surface area contributed by atoms with Crippen molar-refractivity contribution in [3.05, 3.63) is 48.3 Å². The maximum atomic E-state index is 10.00. The normalized spacial score (nSPS) is 17.0. The van der Waals surface area contributed by atoms with Gasteiger partial charge >= 0.3 is 0 Å². The highest BCUT2D eigenvalue weighted by Gasteiger charge is 2.31. The smallest absolute Gasteiger partial charge is 0.147 e. The van der Waals surface area contributed by atoms with Gasteiger partial charge in [0.2, 0.25) is 0 Å². The molecule has 0 spiro atoms. The number of nitrogens with zero attached hydrogens (tertiary/aromatic N) is 3. The number of aliphatic hydroxyl groups is 1. The van der Waals surface area contributed by atoms with Crippen LogP contribution in [0.3, 0.4) is 0 Å². The molecule has 4 heteroatoms. The number of rotatable bonds is 4. The number of aromatic nitrogens is 3. The van der Waals surface area contributed by atoms with Crippen molar-refractivity contribution in [3.8, 4) is 0 Å². The first-order valence-corrected chi connectivity index (χ1v) is 5.92. The molecule has 3 rings (SSSR count). The highest BCUT2D eigenvalue weighted by molar-refractivity contribution is 5.16. The molecule has 1 aliphatic carbocycles. The molecule has 1 saturated carbocycles. The van der Waals surface area contributed by atoms with Gasteiger partial charge in [-0.25, -0.2) is 9.97 Å². The Morgan fingerprint density at radius 3 is 2.82 bits per heavy atom. The largest absolute Gasteiger partial charge is 0.388 e. The number of hydrogen-bond acceptors (Lipinski definition) is 3. The van der Waals surface area contributed by atoms with Crippen molar-refractivity contribution in [1.82, 2.24) is 14.5 Å². The van der Waals surface area contributed by atoms with Gasteiger partial charge in [-0.3, -0.25) is 0 Å². The Hall–Kier alpha value is -1.68. The summed E-state index contributed by atoms with van der Waals surface area (Å²) in [4.78, 5) is 8.36. The minimum Gasteiger partial charge on any atom is -0.388 e. The second kappa shape index (κ2) is 4.30. The van der Waals surface area contributed by atoms with Crippen LogP contribution in [-0.4, -0.2) is 19.6 Å². The molecule has 1 N–H and O–H groups in total. The molecule has 1 aliphatic rings. The molecule has 1 unspecified atom stereocenters. The predicted molar refractivity (Wildman–Crippen MR) is 63.2 cm³/mol. The van der Waals surface area contributed by atoms with E-state index in [1.807, 2.05) is 23.0 Å². The molecule has 17 heavy (non-hydrogen) atoms. The van der Waals surface area contributed by atoms with E-state index in [2.05, 4.69) is 9.97 Å². The Bertz CT molecular complexity index is 490. The van der Waals surface area contributed by atoms with Gasteiger partial charge < -0.3 is 9.67 Å². The van der Waals surface area contributed by atoms with E-state index < -0.39 is 0 Å². The first kappa shape index (κ1) is 10.5. The number of aliphatic hydroxyl groups excluding tert-OH is 1. The summed E-state index contributed by atoms with van der Waals surface area (Å²) in [6, 6.07) is 3.79. The molecule has 1 atom stereocenters. The second-order valence-corrected chi connectivity index (χ2v) is 4.56. The van der Waals surface area contributed by atoms with Crippen LogP contribution in [0, 0.1) is 5.92 Å². The summed E-state index contributed by atoms with van der Waals surface area (Å²) in [6.07, 6.45) is 9.43. The summed E-state index contributed by atoms with van der Waals surface area (Å²) in [5, 5.41) is 10.00. The molecule has 0 aliphatic heterocycles. The number of hydrogen-bond donors (Lipinski definition) is 1. The van der Waals surface area contributed by atoms with Gasteiger partial charge in [0.1, 0.15) is 5.82 Å². The van der Waals surface area contributed by atoms with Gasteiger partial charge in [0, 0.05) is 24.8 Å². The van der Waals surface area contributed by atoms with E-state index in [4.69, 9.17) is 0 Å². The molecule has 0 aromatic carbocycles. The molecule has 4 nitrogen and oxygen atoms in total. The minimum absolute atomic E-state index is 0.298. The van der Waals surface area contributed by atoms with Gasteiger partial charge in [0.05, 0.1) is 12.6 Å². The molecule has 2 aromatic heterocycles. The van der Waals surface area contributed by atoms with Crippen molar-refractivity contribution in [2.45, 2.75) is 25.5 Å². The Labute approximate surface area is 100.0 Å². The topological polar surface area (TPSA) is 50.9 Å². The quantitative estimate of drug-likeness (QED) is 0.869. The van der Waals surface area contributed by atoms with E-state index in [-0.39, 0.29) is 6.10 Å². The van der Waals surface area contributed by atoms with Crippen molar-refractivity contribution in [1.29, 1.82) is 0 Å². The fraction of sp³-hybridized carbons (Fsp3) is 0.385. The average Bonchev–Trinajstić information content (AvgIpc) is 3.11. The van der Waals surface area contributed by atoms with Crippen LogP contribution in [0.4, 0.5) is 0 Å². The lowest BCUT2D eigenvalue weighted by Gasteiger charge is -2.06. The van der Waals surface area contributed by atoms with Crippen LogP contribution in [0.2, 0.25) is 0 Å². The van der Waals surface area contributed by atoms with Gasteiger partial charge in [-0.05, 0) is 36.5 Å². The fourth-order valence-corrected chi connectivity index (χ4v) is 1.99. The van der Waals surface area contributed by atoms with Crippen molar-refractivity contribution < 1.29 is 5.11 Å². The predicted octanol–water partition coefficient (Wildman–Crippen LogP) is 1.77. The van der Waals surface area contributed by atoms with Crippen LogP contribution in [-0.2, 0) is 6.54 Å². The first-order valence-electron chi connectivity index (χ1n) is 5.92. The molecule has 0 saturated heterocycles. The summed E-state index contributed by atoms with van der Waals surface area (Å²) in [6.45, 7) is 0.651. The summed E-state index contributed by atoms with van der Waals surface area (Å²) in [5.41, 5.74) is 1.00. The van der Waals surface area contributed by atoms with Gasteiger partial charge in [0.15, 0.2) is 0 Å². The van der Waals surface area contributed by atoms with Gasteiger partial charge in [0.25, 0.3) is 0 Å². The maximum Gasteiger partial charge on any atom is 0.147 e. The SMILES string of the molecule is OC(c1ccn(Cc2ncccn2)c1)C1CC1. The zero-order chi connectivity index (χ0) is 11.7. The van der Waals surface area contributed by atoms with E-state index in [0.29, 0.717) is 12.5 Å². The van der Waals surface area contributed by atoms with Crippen LogP contribution in [0.5, 0.6) is 0 Å². The highest BCUT2D eigenvalue weighted by atomic mass is 16.3. The van der Waals surface area contributed by atoms with Crippen LogP contribution in [0.1, 0.15) is 30.3 Å². The lowest BCUT2D eigenvalue weighted by atomic mass is 10.1. The third-order valence-electron chi connectivity index (χ3n) is 3.13. The Kier molecular flexibility index (Phi) is 2.65. The van der Waals surface area contributed by atoms with Crippen LogP contribution >= 0.6 is 0 Å². The van der Waals surface area contributed by atoms with Crippen molar-refractivity contribution >= 4 is 0 Å². The average molecular weight is 229 g/mol. The van der Waals surface area contributed by atoms with Crippen molar-refractivity contribution in [3.63, 3.8) is 0 Å². The molecule has 0 amide bonds. The third kappa shape index (κ3) is 2.36. The highest BCUT2D eigenvalue weighted by Crippen LogP contribution is 2.40. The Morgan fingerprint density at radius 2 is 2.12 bits per heavy atom. The molecule has 1 fully saturated rings. The summed E-state index contributed by atoms with van der Waals surface area (Å²) in [5.74, 6) is 1.26. The zero-order valence-electron chi connectivity index (χ0n) is 9.53. The molecule has 0 bridgehead atoms. The Balaban J connectivity index is 1.72. The third-order valence-corrected chi connectivity index (χ3v) is 3.13. The molecule has 2 heterocycles. The van der Waals surface area contributed by atoms with E-state index >= 15 is 0 Å². The monoisotopic (exact) mass is 229 g/mol. The summed E-state index contributed by atoms with van der Waals surface area (Å²) >= 11 is 0. The summed E-state index contributed by atoms with van der Waals surface area (Å²) in [7, 11) is 0. The fourth-order valence-electron chi connectivity index (χ4n) is 1.99. The van der Waals surface area contributed by atoms with Crippen LogP contribution in [0.25, 0.3) is 0 Å².